The van der Waals surface area contributed by atoms with E-state index < -0.39 is 0 Å². The number of amidine groups is 1. The molecular weight excluding hydrogens is 248 g/mol. The van der Waals surface area contributed by atoms with Gasteiger partial charge in [0.15, 0.2) is 5.84 Å². The number of rotatable bonds is 4. The third kappa shape index (κ3) is 2.46. The summed E-state index contributed by atoms with van der Waals surface area (Å²) in [5, 5.41) is 15.5. The molecule has 100 valence electrons. The Morgan fingerprint density at radius 1 is 1.58 bits per heavy atom. The fourth-order valence-electron chi connectivity index (χ4n) is 1.72. The molecule has 2 heterocycles. The van der Waals surface area contributed by atoms with E-state index in [1.807, 2.05) is 6.92 Å². The van der Waals surface area contributed by atoms with Crippen molar-refractivity contribution in [2.45, 2.75) is 6.92 Å². The summed E-state index contributed by atoms with van der Waals surface area (Å²) in [5.41, 5.74) is 6.47. The van der Waals surface area contributed by atoms with Gasteiger partial charge in [-0.2, -0.15) is 5.10 Å². The molecule has 0 saturated heterocycles. The number of amides is 1. The zero-order valence-corrected chi connectivity index (χ0v) is 10.4. The molecule has 3 N–H and O–H groups in total. The van der Waals surface area contributed by atoms with Crippen molar-refractivity contribution in [2.24, 2.45) is 10.9 Å². The minimum Gasteiger partial charge on any atom is -0.409 e. The molecule has 0 aliphatic carbocycles. The van der Waals surface area contributed by atoms with Crippen molar-refractivity contribution in [1.29, 1.82) is 0 Å². The second kappa shape index (κ2) is 5.34. The van der Waals surface area contributed by atoms with Crippen LogP contribution in [0.4, 0.5) is 0 Å². The van der Waals surface area contributed by atoms with Crippen LogP contribution < -0.4 is 5.73 Å². The fourth-order valence-corrected chi connectivity index (χ4v) is 1.72. The highest BCUT2D eigenvalue weighted by Crippen LogP contribution is 2.11. The Balaban J connectivity index is 2.32. The van der Waals surface area contributed by atoms with Crippen molar-refractivity contribution < 1.29 is 10.0 Å². The number of likely N-dealkylation sites (N-methyl/N-ethyl adjacent to an activating group) is 1. The van der Waals surface area contributed by atoms with Crippen LogP contribution in [0.15, 0.2) is 29.9 Å². The number of hydrogen-bond donors (Lipinski definition) is 2. The number of nitrogens with zero attached hydrogens (tertiary/aromatic N) is 5. The number of nitrogens with two attached hydrogens (primary N) is 1. The molecule has 0 aliphatic heterocycles. The van der Waals surface area contributed by atoms with Crippen LogP contribution in [0.25, 0.3) is 5.52 Å². The van der Waals surface area contributed by atoms with Crippen LogP contribution in [-0.2, 0) is 0 Å². The first kappa shape index (κ1) is 12.8. The average molecular weight is 262 g/mol. The molecule has 0 unspecified atom stereocenters. The smallest absolute Gasteiger partial charge is 0.258 e. The van der Waals surface area contributed by atoms with Gasteiger partial charge in [-0.3, -0.25) is 9.78 Å². The molecule has 0 saturated carbocycles. The molecule has 0 aromatic carbocycles. The molecule has 19 heavy (non-hydrogen) atoms. The Hall–Kier alpha value is -2.64. The summed E-state index contributed by atoms with van der Waals surface area (Å²) in [4.78, 5) is 17.8. The van der Waals surface area contributed by atoms with Gasteiger partial charge in [-0.05, 0) is 6.92 Å². The van der Waals surface area contributed by atoms with E-state index in [4.69, 9.17) is 10.9 Å². The summed E-state index contributed by atoms with van der Waals surface area (Å²) in [6.45, 7) is 2.31. The third-order valence-electron chi connectivity index (χ3n) is 2.71. The number of hydrogen-bond acceptors (Lipinski definition) is 5. The topological polar surface area (TPSA) is 109 Å². The largest absolute Gasteiger partial charge is 0.409 e. The van der Waals surface area contributed by atoms with Crippen LogP contribution in [0, 0.1) is 0 Å². The van der Waals surface area contributed by atoms with Gasteiger partial charge < -0.3 is 15.8 Å². The van der Waals surface area contributed by atoms with Crippen LogP contribution in [0.5, 0.6) is 0 Å². The van der Waals surface area contributed by atoms with Crippen LogP contribution in [0.1, 0.15) is 17.3 Å². The Labute approximate surface area is 109 Å². The molecule has 0 spiro atoms. The summed E-state index contributed by atoms with van der Waals surface area (Å²) < 4.78 is 1.57. The van der Waals surface area contributed by atoms with E-state index >= 15 is 0 Å². The summed E-state index contributed by atoms with van der Waals surface area (Å²) in [6, 6.07) is 0. The highest BCUT2D eigenvalue weighted by molar-refractivity contribution is 6.02. The summed E-state index contributed by atoms with van der Waals surface area (Å²) >= 11 is 0. The Morgan fingerprint density at radius 2 is 2.37 bits per heavy atom. The molecule has 8 heteroatoms. The predicted octanol–water partition coefficient (Wildman–Crippen LogP) is -0.0622. The quantitative estimate of drug-likeness (QED) is 0.347. The van der Waals surface area contributed by atoms with E-state index in [-0.39, 0.29) is 18.3 Å². The van der Waals surface area contributed by atoms with Gasteiger partial charge in [0.1, 0.15) is 0 Å². The second-order valence-electron chi connectivity index (χ2n) is 3.88. The number of fused-ring (bicyclic) bond motifs is 1. The zero-order chi connectivity index (χ0) is 13.8. The predicted molar refractivity (Wildman–Crippen MR) is 68.0 cm³/mol. The third-order valence-corrected chi connectivity index (χ3v) is 2.71. The molecule has 0 aliphatic rings. The average Bonchev–Trinajstić information content (AvgIpc) is 2.87. The molecular formula is C11H14N6O2. The van der Waals surface area contributed by atoms with Crippen molar-refractivity contribution in [3.05, 3.63) is 30.4 Å². The first-order chi connectivity index (χ1) is 9.17. The van der Waals surface area contributed by atoms with Crippen molar-refractivity contribution in [3.63, 3.8) is 0 Å². The zero-order valence-electron chi connectivity index (χ0n) is 10.4. The summed E-state index contributed by atoms with van der Waals surface area (Å²) in [6.07, 6.45) is 6.29. The van der Waals surface area contributed by atoms with Gasteiger partial charge >= 0.3 is 0 Å². The van der Waals surface area contributed by atoms with Crippen molar-refractivity contribution in [1.82, 2.24) is 19.5 Å². The van der Waals surface area contributed by atoms with Crippen LogP contribution >= 0.6 is 0 Å². The Kier molecular flexibility index (Phi) is 3.60. The van der Waals surface area contributed by atoms with Gasteiger partial charge in [0.25, 0.3) is 5.91 Å². The molecule has 0 atom stereocenters. The standard InChI is InChI=1S/C11H14N6O2/c1-2-16(7-10(12)15-19)11(18)8-5-14-17-4-3-13-6-9(8)17/h3-6,19H,2,7H2,1H3,(H2,12,15). The van der Waals surface area contributed by atoms with Crippen molar-refractivity contribution >= 4 is 17.3 Å². The Morgan fingerprint density at radius 3 is 3.05 bits per heavy atom. The molecule has 0 bridgehead atoms. The van der Waals surface area contributed by atoms with Crippen LogP contribution in [0.3, 0.4) is 0 Å². The number of oxime groups is 1. The van der Waals surface area contributed by atoms with Gasteiger partial charge in [-0.1, -0.05) is 5.16 Å². The van der Waals surface area contributed by atoms with Crippen molar-refractivity contribution in [3.8, 4) is 0 Å². The van der Waals surface area contributed by atoms with Crippen LogP contribution in [0.2, 0.25) is 0 Å². The van der Waals surface area contributed by atoms with Gasteiger partial charge in [0.05, 0.1) is 30.0 Å². The lowest BCUT2D eigenvalue weighted by Gasteiger charge is -2.19. The summed E-state index contributed by atoms with van der Waals surface area (Å²) in [7, 11) is 0. The maximum absolute atomic E-state index is 12.4. The monoisotopic (exact) mass is 262 g/mol. The van der Waals surface area contributed by atoms with Gasteiger partial charge in [0.2, 0.25) is 0 Å². The van der Waals surface area contributed by atoms with E-state index in [2.05, 4.69) is 15.2 Å². The normalized spacial score (nSPS) is 11.7. The fraction of sp³-hybridized carbons (Fsp3) is 0.273. The molecule has 2 aromatic heterocycles. The Bertz CT molecular complexity index is 620. The molecule has 0 radical (unpaired) electrons. The maximum Gasteiger partial charge on any atom is 0.258 e. The second-order valence-corrected chi connectivity index (χ2v) is 3.88. The highest BCUT2D eigenvalue weighted by atomic mass is 16.4. The lowest BCUT2D eigenvalue weighted by Crippen LogP contribution is -2.38. The number of carbonyl (C=O) groups is 1. The van der Waals surface area contributed by atoms with E-state index in [0.717, 1.165) is 0 Å². The molecule has 2 aromatic rings. The van der Waals surface area contributed by atoms with Crippen LogP contribution in [-0.4, -0.2) is 49.5 Å². The van der Waals surface area contributed by atoms with E-state index in [1.165, 1.54) is 11.1 Å². The maximum atomic E-state index is 12.4. The molecule has 0 fully saturated rings. The van der Waals surface area contributed by atoms with Gasteiger partial charge in [-0.15, -0.1) is 0 Å². The highest BCUT2D eigenvalue weighted by Gasteiger charge is 2.19. The molecule has 2 rings (SSSR count). The SMILES string of the molecule is CCN(C/C(N)=N/O)C(=O)c1cnn2ccncc12. The first-order valence-electron chi connectivity index (χ1n) is 5.70. The molecule has 8 nitrogen and oxygen atoms in total. The van der Waals surface area contributed by atoms with E-state index in [0.29, 0.717) is 17.6 Å². The van der Waals surface area contributed by atoms with Gasteiger partial charge in [0, 0.05) is 18.9 Å². The molecule has 1 amide bonds. The number of aromatic nitrogens is 3. The summed E-state index contributed by atoms with van der Waals surface area (Å²) in [5.74, 6) is -0.262. The lowest BCUT2D eigenvalue weighted by atomic mass is 10.2. The van der Waals surface area contributed by atoms with E-state index in [9.17, 15) is 4.79 Å². The van der Waals surface area contributed by atoms with Gasteiger partial charge in [-0.25, -0.2) is 4.52 Å². The van der Waals surface area contributed by atoms with Crippen molar-refractivity contribution in [2.75, 3.05) is 13.1 Å². The number of carbonyl (C=O) groups excluding carboxylic acids is 1. The first-order valence-corrected chi connectivity index (χ1v) is 5.70. The lowest BCUT2D eigenvalue weighted by molar-refractivity contribution is 0.0788. The van der Waals surface area contributed by atoms with E-state index in [1.54, 1.807) is 23.1 Å². The minimum atomic E-state index is -0.239. The minimum absolute atomic E-state index is 0.0233.